The quantitative estimate of drug-likeness (QED) is 0.475. The number of nitrogens with one attached hydrogen (secondary N) is 1. The Hall–Kier alpha value is -2.92. The van der Waals surface area contributed by atoms with E-state index in [9.17, 15) is 18.0 Å². The maximum absolute atomic E-state index is 13.6. The van der Waals surface area contributed by atoms with Gasteiger partial charge in [0.05, 0.1) is 32.5 Å². The molecule has 7 nitrogen and oxygen atoms in total. The highest BCUT2D eigenvalue weighted by molar-refractivity contribution is 7.19. The molecule has 0 spiro atoms. The molecule has 4 aromatic rings. The van der Waals surface area contributed by atoms with Gasteiger partial charge in [0.1, 0.15) is 0 Å². The van der Waals surface area contributed by atoms with Crippen molar-refractivity contribution in [2.45, 2.75) is 26.6 Å². The van der Waals surface area contributed by atoms with Crippen molar-refractivity contribution in [3.8, 4) is 10.6 Å². The fraction of sp³-hybridized carbons (Fsp3) is 0.222. The summed E-state index contributed by atoms with van der Waals surface area (Å²) in [4.78, 5) is 17.3. The molecular weight excluding hydrogens is 441 g/mol. The number of aromatic nitrogens is 5. The molecule has 0 saturated heterocycles. The first-order chi connectivity index (χ1) is 14.2. The van der Waals surface area contributed by atoms with E-state index >= 15 is 0 Å². The van der Waals surface area contributed by atoms with Gasteiger partial charge < -0.3 is 5.32 Å². The molecule has 0 aliphatic carbocycles. The lowest BCUT2D eigenvalue weighted by atomic mass is 10.2. The monoisotopic (exact) mass is 454 g/mol. The molecule has 4 aromatic heterocycles. The van der Waals surface area contributed by atoms with Gasteiger partial charge in [-0.05, 0) is 32.0 Å². The topological polar surface area (TPSA) is 77.1 Å². The summed E-state index contributed by atoms with van der Waals surface area (Å²) < 4.78 is 43.7. The van der Waals surface area contributed by atoms with Gasteiger partial charge in [0.25, 0.3) is 5.91 Å². The lowest BCUT2D eigenvalue weighted by Crippen LogP contribution is -2.16. The van der Waals surface area contributed by atoms with Gasteiger partial charge in [-0.25, -0.2) is 9.50 Å². The summed E-state index contributed by atoms with van der Waals surface area (Å²) in [7, 11) is 0. The third-order valence-electron chi connectivity index (χ3n) is 4.43. The Morgan fingerprint density at radius 3 is 2.67 bits per heavy atom. The summed E-state index contributed by atoms with van der Waals surface area (Å²) in [6.45, 7) is 4.29. The standard InChI is InChI=1S/C18H14ClF3N6OS/c1-3-27-9(2)12(8-23-27)25-17(29)11-7-16-24-10(13-4-5-15(19)30-13)6-14(18(20,21)22)28(16)26-11/h4-8H,3H2,1-2H3,(H,25,29). The van der Waals surface area contributed by atoms with Crippen LogP contribution < -0.4 is 5.32 Å². The number of thiophene rings is 1. The fourth-order valence-corrected chi connectivity index (χ4v) is 3.94. The Morgan fingerprint density at radius 1 is 1.30 bits per heavy atom. The first kappa shape index (κ1) is 20.4. The molecule has 0 saturated carbocycles. The van der Waals surface area contributed by atoms with E-state index in [1.165, 1.54) is 12.3 Å². The van der Waals surface area contributed by atoms with Gasteiger partial charge in [-0.2, -0.15) is 23.4 Å². The Bertz CT molecular complexity index is 1260. The molecular formula is C18H14ClF3N6OS. The molecule has 4 heterocycles. The number of anilines is 1. The molecule has 1 amide bonds. The van der Waals surface area contributed by atoms with Crippen molar-refractivity contribution in [2.24, 2.45) is 0 Å². The molecule has 0 radical (unpaired) electrons. The van der Waals surface area contributed by atoms with E-state index in [0.29, 0.717) is 26.0 Å². The van der Waals surface area contributed by atoms with Crippen molar-refractivity contribution in [3.05, 3.63) is 51.9 Å². The Balaban J connectivity index is 1.77. The zero-order chi connectivity index (χ0) is 21.6. The second kappa shape index (κ2) is 7.40. The Labute approximate surface area is 177 Å². The number of hydrogen-bond donors (Lipinski definition) is 1. The molecule has 156 valence electrons. The van der Waals surface area contributed by atoms with Crippen molar-refractivity contribution in [1.29, 1.82) is 0 Å². The number of fused-ring (bicyclic) bond motifs is 1. The summed E-state index contributed by atoms with van der Waals surface area (Å²) in [6, 6.07) is 5.26. The number of carbonyl (C=O) groups excluding carboxylic acids is 1. The van der Waals surface area contributed by atoms with E-state index in [1.54, 1.807) is 23.7 Å². The van der Waals surface area contributed by atoms with Crippen molar-refractivity contribution in [2.75, 3.05) is 5.32 Å². The number of hydrogen-bond acceptors (Lipinski definition) is 5. The minimum atomic E-state index is -4.70. The normalized spacial score (nSPS) is 11.9. The number of aryl methyl sites for hydroxylation is 1. The average Bonchev–Trinajstić information content (AvgIpc) is 3.39. The van der Waals surface area contributed by atoms with Gasteiger partial charge in [0.2, 0.25) is 0 Å². The van der Waals surface area contributed by atoms with Crippen LogP contribution in [0.3, 0.4) is 0 Å². The fourth-order valence-electron chi connectivity index (χ4n) is 2.94. The summed E-state index contributed by atoms with van der Waals surface area (Å²) in [5.41, 5.74) is -0.0643. The van der Waals surface area contributed by atoms with Crippen LogP contribution in [-0.4, -0.2) is 30.3 Å². The SMILES string of the molecule is CCn1ncc(NC(=O)c2cc3nc(-c4ccc(Cl)s4)cc(C(F)(F)F)n3n2)c1C. The number of alkyl halides is 3. The van der Waals surface area contributed by atoms with E-state index in [0.717, 1.165) is 23.1 Å². The summed E-state index contributed by atoms with van der Waals surface area (Å²) in [5, 5.41) is 10.6. The van der Waals surface area contributed by atoms with Crippen LogP contribution >= 0.6 is 22.9 Å². The molecule has 4 rings (SSSR count). The van der Waals surface area contributed by atoms with E-state index in [4.69, 9.17) is 11.6 Å². The second-order valence-corrected chi connectivity index (χ2v) is 8.06. The van der Waals surface area contributed by atoms with Crippen LogP contribution in [0.1, 0.15) is 28.8 Å². The van der Waals surface area contributed by atoms with Gasteiger partial charge in [-0.15, -0.1) is 11.3 Å². The number of amides is 1. The Morgan fingerprint density at radius 2 is 2.07 bits per heavy atom. The predicted octanol–water partition coefficient (Wildman–Crippen LogP) is 4.91. The van der Waals surface area contributed by atoms with Gasteiger partial charge in [-0.3, -0.25) is 9.48 Å². The number of carbonyl (C=O) groups is 1. The minimum absolute atomic E-state index is 0.0960. The second-order valence-electron chi connectivity index (χ2n) is 6.34. The smallest absolute Gasteiger partial charge is 0.318 e. The molecule has 0 unspecified atom stereocenters. The number of nitrogens with zero attached hydrogens (tertiary/aromatic N) is 5. The van der Waals surface area contributed by atoms with Crippen LogP contribution in [0, 0.1) is 6.92 Å². The zero-order valence-corrected chi connectivity index (χ0v) is 17.2. The predicted molar refractivity (Wildman–Crippen MR) is 107 cm³/mol. The van der Waals surface area contributed by atoms with Gasteiger partial charge in [0.15, 0.2) is 17.0 Å². The Kier molecular flexibility index (Phi) is 5.02. The summed E-state index contributed by atoms with van der Waals surface area (Å²) in [5.74, 6) is -0.659. The van der Waals surface area contributed by atoms with Crippen molar-refractivity contribution in [1.82, 2.24) is 24.4 Å². The molecule has 0 aliphatic rings. The third-order valence-corrected chi connectivity index (χ3v) is 5.68. The highest BCUT2D eigenvalue weighted by atomic mass is 35.5. The number of rotatable bonds is 4. The first-order valence-corrected chi connectivity index (χ1v) is 9.94. The van der Waals surface area contributed by atoms with Crippen LogP contribution in [0.25, 0.3) is 16.2 Å². The van der Waals surface area contributed by atoms with Gasteiger partial charge in [-0.1, -0.05) is 11.6 Å². The zero-order valence-electron chi connectivity index (χ0n) is 15.7. The van der Waals surface area contributed by atoms with Crippen LogP contribution in [-0.2, 0) is 12.7 Å². The van der Waals surface area contributed by atoms with Crippen molar-refractivity contribution in [3.63, 3.8) is 0 Å². The largest absolute Gasteiger partial charge is 0.433 e. The molecule has 0 atom stereocenters. The molecule has 0 aliphatic heterocycles. The molecule has 0 bridgehead atoms. The van der Waals surface area contributed by atoms with E-state index in [2.05, 4.69) is 20.5 Å². The van der Waals surface area contributed by atoms with Crippen LogP contribution in [0.4, 0.5) is 18.9 Å². The van der Waals surface area contributed by atoms with Crippen LogP contribution in [0.2, 0.25) is 4.34 Å². The molecule has 1 N–H and O–H groups in total. The number of halogens is 4. The first-order valence-electron chi connectivity index (χ1n) is 8.75. The summed E-state index contributed by atoms with van der Waals surface area (Å²) in [6.07, 6.45) is -3.22. The maximum atomic E-state index is 13.6. The molecule has 0 aromatic carbocycles. The molecule has 12 heteroatoms. The maximum Gasteiger partial charge on any atom is 0.433 e. The highest BCUT2D eigenvalue weighted by Crippen LogP contribution is 2.35. The lowest BCUT2D eigenvalue weighted by Gasteiger charge is -2.10. The average molecular weight is 455 g/mol. The van der Waals surface area contributed by atoms with E-state index in [1.807, 2.05) is 6.92 Å². The van der Waals surface area contributed by atoms with Gasteiger partial charge in [0, 0.05) is 12.6 Å². The minimum Gasteiger partial charge on any atom is -0.318 e. The lowest BCUT2D eigenvalue weighted by molar-refractivity contribution is -0.142. The third kappa shape index (κ3) is 3.65. The van der Waals surface area contributed by atoms with E-state index in [-0.39, 0.29) is 17.0 Å². The highest BCUT2D eigenvalue weighted by Gasteiger charge is 2.36. The van der Waals surface area contributed by atoms with E-state index < -0.39 is 17.8 Å². The van der Waals surface area contributed by atoms with Crippen molar-refractivity contribution >= 4 is 40.2 Å². The molecule has 0 fully saturated rings. The molecule has 30 heavy (non-hydrogen) atoms. The summed E-state index contributed by atoms with van der Waals surface area (Å²) >= 11 is 7.00. The van der Waals surface area contributed by atoms with Crippen LogP contribution in [0.15, 0.2) is 30.5 Å². The van der Waals surface area contributed by atoms with Crippen LogP contribution in [0.5, 0.6) is 0 Å². The van der Waals surface area contributed by atoms with Gasteiger partial charge >= 0.3 is 6.18 Å². The van der Waals surface area contributed by atoms with Crippen molar-refractivity contribution < 1.29 is 18.0 Å².